The van der Waals surface area contributed by atoms with Crippen molar-refractivity contribution in [3.63, 3.8) is 0 Å². The van der Waals surface area contributed by atoms with Gasteiger partial charge in [-0.1, -0.05) is 6.07 Å². The van der Waals surface area contributed by atoms with Crippen LogP contribution in [-0.2, 0) is 0 Å². The summed E-state index contributed by atoms with van der Waals surface area (Å²) in [5.74, 6) is 2.83. The van der Waals surface area contributed by atoms with E-state index in [1.165, 1.54) is 38.5 Å². The smallest absolute Gasteiger partial charge is 0.261 e. The van der Waals surface area contributed by atoms with Gasteiger partial charge in [0, 0.05) is 5.54 Å². The first-order chi connectivity index (χ1) is 8.72. The molecule has 4 fully saturated rings. The van der Waals surface area contributed by atoms with Crippen molar-refractivity contribution >= 4 is 17.2 Å². The van der Waals surface area contributed by atoms with Crippen molar-refractivity contribution in [2.75, 3.05) is 0 Å². The van der Waals surface area contributed by atoms with Gasteiger partial charge in [-0.15, -0.1) is 11.3 Å². The summed E-state index contributed by atoms with van der Waals surface area (Å²) in [4.78, 5) is 13.2. The molecule has 4 aliphatic rings. The molecule has 3 heteroatoms. The summed E-state index contributed by atoms with van der Waals surface area (Å²) in [6.07, 6.45) is 7.97. The van der Waals surface area contributed by atoms with Crippen LogP contribution in [0.3, 0.4) is 0 Å². The Morgan fingerprint density at radius 1 is 1.17 bits per heavy atom. The predicted octanol–water partition coefficient (Wildman–Crippen LogP) is 3.45. The lowest BCUT2D eigenvalue weighted by atomic mass is 9.53. The van der Waals surface area contributed by atoms with E-state index in [2.05, 4.69) is 5.32 Å². The second-order valence-electron chi connectivity index (χ2n) is 6.63. The number of hydrogen-bond acceptors (Lipinski definition) is 2. The maximum atomic E-state index is 12.3. The Bertz CT molecular complexity index is 430. The molecule has 1 amide bonds. The van der Waals surface area contributed by atoms with E-state index >= 15 is 0 Å². The Kier molecular flexibility index (Phi) is 2.35. The molecule has 2 nitrogen and oxygen atoms in total. The van der Waals surface area contributed by atoms with E-state index in [4.69, 9.17) is 0 Å². The number of rotatable bonds is 2. The first-order valence-electron chi connectivity index (χ1n) is 7.08. The maximum Gasteiger partial charge on any atom is 0.261 e. The zero-order chi connectivity index (χ0) is 12.2. The summed E-state index contributed by atoms with van der Waals surface area (Å²) in [5, 5.41) is 5.38. The average molecular weight is 261 g/mol. The SMILES string of the molecule is O=C(NC12CC3CC(CC(C3)C1)C2)c1cccs1. The number of carbonyl (C=O) groups excluding carboxylic acids is 1. The molecule has 4 bridgehead atoms. The van der Waals surface area contributed by atoms with E-state index < -0.39 is 0 Å². The third-order valence-electron chi connectivity index (χ3n) is 5.16. The number of thiophene rings is 1. The van der Waals surface area contributed by atoms with E-state index in [1.807, 2.05) is 17.5 Å². The number of hydrogen-bond donors (Lipinski definition) is 1. The third-order valence-corrected chi connectivity index (χ3v) is 6.03. The predicted molar refractivity (Wildman–Crippen MR) is 72.7 cm³/mol. The average Bonchev–Trinajstić information content (AvgIpc) is 2.79. The highest BCUT2D eigenvalue weighted by Gasteiger charge is 2.51. The highest BCUT2D eigenvalue weighted by Crippen LogP contribution is 2.55. The van der Waals surface area contributed by atoms with Gasteiger partial charge < -0.3 is 5.32 Å². The van der Waals surface area contributed by atoms with Crippen molar-refractivity contribution in [2.45, 2.75) is 44.1 Å². The van der Waals surface area contributed by atoms with Crippen molar-refractivity contribution in [3.05, 3.63) is 22.4 Å². The standard InChI is InChI=1S/C15H19NOS/c17-14(13-2-1-3-18-13)16-15-7-10-4-11(8-15)6-12(5-10)9-15/h1-3,10-12H,4-9H2,(H,16,17). The molecule has 5 rings (SSSR count). The van der Waals surface area contributed by atoms with Gasteiger partial charge in [-0.2, -0.15) is 0 Å². The molecule has 4 aliphatic carbocycles. The summed E-state index contributed by atoms with van der Waals surface area (Å²) in [5.41, 5.74) is 0.149. The molecule has 1 heterocycles. The zero-order valence-electron chi connectivity index (χ0n) is 10.5. The molecule has 18 heavy (non-hydrogen) atoms. The van der Waals surface area contributed by atoms with Gasteiger partial charge in [0.1, 0.15) is 0 Å². The fraction of sp³-hybridized carbons (Fsp3) is 0.667. The summed E-state index contributed by atoms with van der Waals surface area (Å²) in [6.45, 7) is 0. The van der Waals surface area contributed by atoms with Crippen LogP contribution in [0, 0.1) is 17.8 Å². The van der Waals surface area contributed by atoms with Crippen LogP contribution in [0.25, 0.3) is 0 Å². The minimum absolute atomic E-state index is 0.149. The lowest BCUT2D eigenvalue weighted by Gasteiger charge is -2.56. The number of nitrogens with one attached hydrogen (secondary N) is 1. The molecule has 0 saturated heterocycles. The molecule has 1 aromatic rings. The van der Waals surface area contributed by atoms with Gasteiger partial charge in [0.15, 0.2) is 0 Å². The van der Waals surface area contributed by atoms with Gasteiger partial charge >= 0.3 is 0 Å². The third kappa shape index (κ3) is 1.71. The first kappa shape index (κ1) is 11.0. The van der Waals surface area contributed by atoms with Gasteiger partial charge in [-0.3, -0.25) is 4.79 Å². The lowest BCUT2D eigenvalue weighted by Crippen LogP contribution is -2.59. The minimum atomic E-state index is 0.149. The van der Waals surface area contributed by atoms with Crippen LogP contribution in [0.4, 0.5) is 0 Å². The molecular weight excluding hydrogens is 242 g/mol. The Morgan fingerprint density at radius 2 is 1.78 bits per heavy atom. The van der Waals surface area contributed by atoms with E-state index in [9.17, 15) is 4.79 Å². The van der Waals surface area contributed by atoms with Gasteiger partial charge in [0.05, 0.1) is 4.88 Å². The Morgan fingerprint density at radius 3 is 2.28 bits per heavy atom. The fourth-order valence-corrected chi connectivity index (χ4v) is 5.59. The monoisotopic (exact) mass is 261 g/mol. The molecular formula is C15H19NOS. The van der Waals surface area contributed by atoms with Gasteiger partial charge in [-0.25, -0.2) is 0 Å². The van der Waals surface area contributed by atoms with Crippen molar-refractivity contribution in [1.82, 2.24) is 5.32 Å². The molecule has 0 aliphatic heterocycles. The molecule has 1 aromatic heterocycles. The van der Waals surface area contributed by atoms with Crippen LogP contribution in [0.5, 0.6) is 0 Å². The molecule has 1 N–H and O–H groups in total. The van der Waals surface area contributed by atoms with Crippen LogP contribution < -0.4 is 5.32 Å². The fourth-order valence-electron chi connectivity index (χ4n) is 4.97. The second-order valence-corrected chi connectivity index (χ2v) is 7.58. The molecule has 0 aromatic carbocycles. The zero-order valence-corrected chi connectivity index (χ0v) is 11.3. The van der Waals surface area contributed by atoms with Gasteiger partial charge in [0.2, 0.25) is 0 Å². The number of carbonyl (C=O) groups is 1. The summed E-state index contributed by atoms with van der Waals surface area (Å²) < 4.78 is 0. The maximum absolute atomic E-state index is 12.3. The Hall–Kier alpha value is -0.830. The van der Waals surface area contributed by atoms with E-state index in [0.717, 1.165) is 22.6 Å². The van der Waals surface area contributed by atoms with Crippen molar-refractivity contribution < 1.29 is 4.79 Å². The molecule has 4 saturated carbocycles. The largest absolute Gasteiger partial charge is 0.346 e. The summed E-state index contributed by atoms with van der Waals surface area (Å²) in [6, 6.07) is 3.89. The first-order valence-corrected chi connectivity index (χ1v) is 7.96. The van der Waals surface area contributed by atoms with Crippen LogP contribution in [0.1, 0.15) is 48.2 Å². The molecule has 0 spiro atoms. The summed E-state index contributed by atoms with van der Waals surface area (Å²) in [7, 11) is 0. The topological polar surface area (TPSA) is 29.1 Å². The quantitative estimate of drug-likeness (QED) is 0.868. The number of amides is 1. The van der Waals surface area contributed by atoms with Crippen molar-refractivity contribution in [3.8, 4) is 0 Å². The van der Waals surface area contributed by atoms with Gasteiger partial charge in [0.25, 0.3) is 5.91 Å². The normalized spacial score (nSPS) is 41.0. The van der Waals surface area contributed by atoms with Crippen LogP contribution in [0.2, 0.25) is 0 Å². The van der Waals surface area contributed by atoms with Crippen molar-refractivity contribution in [1.29, 1.82) is 0 Å². The molecule has 0 unspecified atom stereocenters. The molecule has 0 radical (unpaired) electrons. The van der Waals surface area contributed by atoms with E-state index in [0.29, 0.717) is 0 Å². The highest BCUT2D eigenvalue weighted by molar-refractivity contribution is 7.12. The van der Waals surface area contributed by atoms with E-state index in [-0.39, 0.29) is 11.4 Å². The second kappa shape index (κ2) is 3.83. The Balaban J connectivity index is 1.56. The van der Waals surface area contributed by atoms with Crippen molar-refractivity contribution in [2.24, 2.45) is 17.8 Å². The lowest BCUT2D eigenvalue weighted by molar-refractivity contribution is -0.0166. The van der Waals surface area contributed by atoms with Crippen LogP contribution >= 0.6 is 11.3 Å². The van der Waals surface area contributed by atoms with Crippen LogP contribution in [-0.4, -0.2) is 11.4 Å². The molecule has 0 atom stereocenters. The summed E-state index contributed by atoms with van der Waals surface area (Å²) >= 11 is 1.55. The minimum Gasteiger partial charge on any atom is -0.346 e. The van der Waals surface area contributed by atoms with Gasteiger partial charge in [-0.05, 0) is 67.7 Å². The van der Waals surface area contributed by atoms with E-state index in [1.54, 1.807) is 11.3 Å². The highest BCUT2D eigenvalue weighted by atomic mass is 32.1. The Labute approximate surface area is 112 Å². The van der Waals surface area contributed by atoms with Crippen LogP contribution in [0.15, 0.2) is 17.5 Å². The molecule has 96 valence electrons.